The highest BCUT2D eigenvalue weighted by Gasteiger charge is 2.57. The summed E-state index contributed by atoms with van der Waals surface area (Å²) in [5.41, 5.74) is 5.45. The van der Waals surface area contributed by atoms with Crippen molar-refractivity contribution in [2.45, 2.75) is 49.5 Å². The minimum Gasteiger partial charge on any atom is -0.327 e. The Morgan fingerprint density at radius 1 is 0.952 bits per heavy atom. The van der Waals surface area contributed by atoms with Crippen LogP contribution in [0.5, 0.6) is 0 Å². The highest BCUT2D eigenvalue weighted by Crippen LogP contribution is 2.51. The molecule has 0 aromatic heterocycles. The molecule has 7 heteroatoms. The molecule has 0 spiro atoms. The number of rotatable bonds is 3. The molecule has 0 saturated heterocycles. The van der Waals surface area contributed by atoms with Gasteiger partial charge in [-0.1, -0.05) is 24.3 Å². The summed E-state index contributed by atoms with van der Waals surface area (Å²) in [4.78, 5) is 0. The van der Waals surface area contributed by atoms with Crippen LogP contribution in [0, 0.1) is 0 Å². The van der Waals surface area contributed by atoms with E-state index in [-0.39, 0.29) is 11.5 Å². The Balaban J connectivity index is 2.34. The zero-order valence-electron chi connectivity index (χ0n) is 11.2. The smallest absolute Gasteiger partial charge is 0.327 e. The molecule has 0 radical (unpaired) electrons. The molecule has 118 valence electrons. The van der Waals surface area contributed by atoms with Gasteiger partial charge < -0.3 is 5.73 Å². The van der Waals surface area contributed by atoms with E-state index in [4.69, 9.17) is 5.73 Å². The van der Waals surface area contributed by atoms with Crippen LogP contribution in [0.2, 0.25) is 0 Å². The van der Waals surface area contributed by atoms with Gasteiger partial charge in [0.05, 0.1) is 0 Å². The number of nitrogens with two attached hydrogens (primary N) is 1. The van der Waals surface area contributed by atoms with Crippen LogP contribution in [0.15, 0.2) is 24.3 Å². The zero-order chi connectivity index (χ0) is 16.1. The van der Waals surface area contributed by atoms with Gasteiger partial charge in [-0.3, -0.25) is 0 Å². The summed E-state index contributed by atoms with van der Waals surface area (Å²) < 4.78 is 75.8. The summed E-state index contributed by atoms with van der Waals surface area (Å²) in [5.74, 6) is -3.45. The zero-order valence-corrected chi connectivity index (χ0v) is 11.2. The molecule has 1 nitrogen and oxygen atoms in total. The fraction of sp³-hybridized carbons (Fsp3) is 0.571. The maximum Gasteiger partial charge on any atom is 0.404 e. The Morgan fingerprint density at radius 3 is 1.67 bits per heavy atom. The van der Waals surface area contributed by atoms with Gasteiger partial charge in [0, 0.05) is 11.5 Å². The van der Waals surface area contributed by atoms with Crippen LogP contribution >= 0.6 is 0 Å². The maximum atomic E-state index is 12.6. The molecule has 2 rings (SSSR count). The number of alkyl halides is 6. The van der Waals surface area contributed by atoms with Crippen molar-refractivity contribution in [1.29, 1.82) is 0 Å². The van der Waals surface area contributed by atoms with Crippen molar-refractivity contribution in [1.82, 2.24) is 0 Å². The molecule has 2 N–H and O–H groups in total. The fourth-order valence-electron chi connectivity index (χ4n) is 2.71. The Morgan fingerprint density at radius 2 is 1.38 bits per heavy atom. The van der Waals surface area contributed by atoms with E-state index in [9.17, 15) is 26.3 Å². The van der Waals surface area contributed by atoms with Crippen molar-refractivity contribution < 1.29 is 26.3 Å². The van der Waals surface area contributed by atoms with Crippen LogP contribution < -0.4 is 5.73 Å². The molecule has 1 atom stereocenters. The summed E-state index contributed by atoms with van der Waals surface area (Å²) >= 11 is 0. The summed E-state index contributed by atoms with van der Waals surface area (Å²) in [7, 11) is 0. The van der Waals surface area contributed by atoms with E-state index in [1.807, 2.05) is 0 Å². The largest absolute Gasteiger partial charge is 0.404 e. The molecule has 1 fully saturated rings. The summed E-state index contributed by atoms with van der Waals surface area (Å²) in [6.45, 7) is 1.79. The molecule has 0 heterocycles. The van der Waals surface area contributed by atoms with Gasteiger partial charge in [-0.2, -0.15) is 26.3 Å². The van der Waals surface area contributed by atoms with Crippen LogP contribution in [0.3, 0.4) is 0 Å². The molecule has 1 aliphatic rings. The third-order valence-electron chi connectivity index (χ3n) is 4.13. The molecule has 1 aromatic carbocycles. The lowest BCUT2D eigenvalue weighted by Crippen LogP contribution is -2.34. The second-order valence-electron chi connectivity index (χ2n) is 5.58. The van der Waals surface area contributed by atoms with E-state index in [2.05, 4.69) is 0 Å². The predicted octanol–water partition coefficient (Wildman–Crippen LogP) is 4.27. The van der Waals surface area contributed by atoms with E-state index >= 15 is 0 Å². The molecule has 0 aliphatic heterocycles. The first-order chi connectivity index (χ1) is 9.48. The Labute approximate surface area is 118 Å². The van der Waals surface area contributed by atoms with Gasteiger partial charge >= 0.3 is 12.4 Å². The highest BCUT2D eigenvalue weighted by atomic mass is 19.4. The molecule has 1 unspecified atom stereocenters. The molecular formula is C14H15F6N. The normalized spacial score (nSPS) is 19.7. The van der Waals surface area contributed by atoms with E-state index in [1.54, 1.807) is 6.92 Å². The summed E-state index contributed by atoms with van der Waals surface area (Å²) in [5, 5.41) is 0. The highest BCUT2D eigenvalue weighted by molar-refractivity contribution is 5.37. The van der Waals surface area contributed by atoms with Crippen molar-refractivity contribution in [3.8, 4) is 0 Å². The van der Waals surface area contributed by atoms with Crippen molar-refractivity contribution in [2.24, 2.45) is 5.73 Å². The second kappa shape index (κ2) is 4.90. The van der Waals surface area contributed by atoms with Crippen LogP contribution in [-0.2, 0) is 5.41 Å². The van der Waals surface area contributed by atoms with Crippen LogP contribution in [0.1, 0.15) is 36.8 Å². The molecule has 0 bridgehead atoms. The Bertz CT molecular complexity index is 482. The fourth-order valence-corrected chi connectivity index (χ4v) is 2.71. The predicted molar refractivity (Wildman–Crippen MR) is 65.9 cm³/mol. The Hall–Kier alpha value is -1.24. The lowest BCUT2D eigenvalue weighted by atomic mass is 9.87. The third kappa shape index (κ3) is 3.02. The topological polar surface area (TPSA) is 26.0 Å². The van der Waals surface area contributed by atoms with Crippen molar-refractivity contribution in [3.63, 3.8) is 0 Å². The number of hydrogen-bond donors (Lipinski definition) is 1. The Kier molecular flexibility index (Phi) is 3.76. The summed E-state index contributed by atoms with van der Waals surface area (Å²) in [6.07, 6.45) is -9.13. The van der Waals surface area contributed by atoms with Crippen LogP contribution in [0.25, 0.3) is 0 Å². The average molecular weight is 311 g/mol. The first kappa shape index (κ1) is 16.1. The lowest BCUT2D eigenvalue weighted by Gasteiger charge is -2.25. The van der Waals surface area contributed by atoms with Gasteiger partial charge in [0.1, 0.15) is 0 Å². The summed E-state index contributed by atoms with van der Waals surface area (Å²) in [6, 6.07) is 4.28. The quantitative estimate of drug-likeness (QED) is 0.829. The van der Waals surface area contributed by atoms with E-state index < -0.39 is 23.8 Å². The monoisotopic (exact) mass is 311 g/mol. The lowest BCUT2D eigenvalue weighted by molar-refractivity contribution is -0.253. The standard InChI is InChI=1S/C14H15F6N/c1-8(21)12(6-7-12)10-4-2-9(3-5-10)11(13(15,16)17)14(18,19)20/h2-5,8,11H,6-7,21H2,1H3. The van der Waals surface area contributed by atoms with E-state index in [0.717, 1.165) is 25.0 Å². The average Bonchev–Trinajstić information content (AvgIpc) is 3.07. The molecule has 1 aromatic rings. The minimum absolute atomic E-state index is 0.190. The molecular weight excluding hydrogens is 296 g/mol. The molecule has 0 amide bonds. The molecule has 21 heavy (non-hydrogen) atoms. The minimum atomic E-state index is -5.36. The van der Waals surface area contributed by atoms with Gasteiger partial charge in [0.25, 0.3) is 0 Å². The number of benzene rings is 1. The van der Waals surface area contributed by atoms with Gasteiger partial charge in [-0.05, 0) is 30.9 Å². The van der Waals surface area contributed by atoms with Gasteiger partial charge in [0.15, 0.2) is 5.92 Å². The first-order valence-electron chi connectivity index (χ1n) is 6.48. The SMILES string of the molecule is CC(N)C1(c2ccc(C(C(F)(F)F)C(F)(F)F)cc2)CC1. The van der Waals surface area contributed by atoms with Crippen molar-refractivity contribution >= 4 is 0 Å². The van der Waals surface area contributed by atoms with E-state index in [1.165, 1.54) is 12.1 Å². The maximum absolute atomic E-state index is 12.6. The first-order valence-corrected chi connectivity index (χ1v) is 6.48. The van der Waals surface area contributed by atoms with Gasteiger partial charge in [-0.15, -0.1) is 0 Å². The third-order valence-corrected chi connectivity index (χ3v) is 4.13. The van der Waals surface area contributed by atoms with Crippen LogP contribution in [-0.4, -0.2) is 18.4 Å². The number of hydrogen-bond acceptors (Lipinski definition) is 1. The molecule has 1 saturated carbocycles. The number of halogens is 6. The second-order valence-corrected chi connectivity index (χ2v) is 5.58. The molecule has 1 aliphatic carbocycles. The van der Waals surface area contributed by atoms with Gasteiger partial charge in [0.2, 0.25) is 0 Å². The van der Waals surface area contributed by atoms with Crippen molar-refractivity contribution in [2.75, 3.05) is 0 Å². The van der Waals surface area contributed by atoms with Gasteiger partial charge in [-0.25, -0.2) is 0 Å². The van der Waals surface area contributed by atoms with E-state index in [0.29, 0.717) is 5.56 Å². The van der Waals surface area contributed by atoms with Crippen LogP contribution in [0.4, 0.5) is 26.3 Å². The van der Waals surface area contributed by atoms with Crippen molar-refractivity contribution in [3.05, 3.63) is 35.4 Å².